The Kier molecular flexibility index (Phi) is 4.96. The standard InChI is InChI=1S/C18H24N2O3/c21-13-16-4-1-3-14(10-16)9-15-6-8-20(11-15)18(23)12-19-7-2-5-17(19)22/h1,3-4,10,15,21H,2,5-9,11-13H2/t15-/m1/s1. The molecule has 0 saturated carbocycles. The summed E-state index contributed by atoms with van der Waals surface area (Å²) < 4.78 is 0. The Morgan fingerprint density at radius 3 is 2.83 bits per heavy atom. The van der Waals surface area contributed by atoms with Crippen LogP contribution in [0.15, 0.2) is 24.3 Å². The minimum Gasteiger partial charge on any atom is -0.392 e. The van der Waals surface area contributed by atoms with Crippen molar-refractivity contribution in [3.05, 3.63) is 35.4 Å². The van der Waals surface area contributed by atoms with Gasteiger partial charge in [-0.2, -0.15) is 0 Å². The first kappa shape index (κ1) is 16.0. The number of benzene rings is 1. The molecule has 23 heavy (non-hydrogen) atoms. The predicted molar refractivity (Wildman–Crippen MR) is 86.6 cm³/mol. The van der Waals surface area contributed by atoms with E-state index in [1.54, 1.807) is 4.90 Å². The van der Waals surface area contributed by atoms with Crippen molar-refractivity contribution in [2.45, 2.75) is 32.3 Å². The van der Waals surface area contributed by atoms with Gasteiger partial charge in [0.2, 0.25) is 11.8 Å². The summed E-state index contributed by atoms with van der Waals surface area (Å²) in [6, 6.07) is 8.00. The molecule has 0 spiro atoms. The second-order valence-electron chi connectivity index (χ2n) is 6.60. The van der Waals surface area contributed by atoms with Crippen molar-refractivity contribution in [3.63, 3.8) is 0 Å². The molecule has 0 radical (unpaired) electrons. The van der Waals surface area contributed by atoms with Crippen LogP contribution in [-0.4, -0.2) is 52.9 Å². The zero-order valence-corrected chi connectivity index (χ0v) is 13.4. The van der Waals surface area contributed by atoms with Gasteiger partial charge in [-0.15, -0.1) is 0 Å². The van der Waals surface area contributed by atoms with Crippen LogP contribution in [0.2, 0.25) is 0 Å². The van der Waals surface area contributed by atoms with E-state index in [1.807, 2.05) is 23.1 Å². The van der Waals surface area contributed by atoms with Gasteiger partial charge >= 0.3 is 0 Å². The molecule has 0 bridgehead atoms. The van der Waals surface area contributed by atoms with E-state index in [4.69, 9.17) is 0 Å². The summed E-state index contributed by atoms with van der Waals surface area (Å²) in [5.41, 5.74) is 2.14. The molecule has 5 heteroatoms. The zero-order valence-electron chi connectivity index (χ0n) is 13.4. The molecule has 2 saturated heterocycles. The molecule has 2 amide bonds. The molecule has 1 atom stereocenters. The van der Waals surface area contributed by atoms with E-state index in [2.05, 4.69) is 6.07 Å². The Hall–Kier alpha value is -1.88. The van der Waals surface area contributed by atoms with Gasteiger partial charge in [0.25, 0.3) is 0 Å². The smallest absolute Gasteiger partial charge is 0.242 e. The molecule has 2 aliphatic rings. The van der Waals surface area contributed by atoms with Crippen LogP contribution >= 0.6 is 0 Å². The van der Waals surface area contributed by atoms with E-state index in [-0.39, 0.29) is 25.0 Å². The maximum Gasteiger partial charge on any atom is 0.242 e. The molecule has 0 aromatic heterocycles. The molecule has 1 aromatic carbocycles. The average Bonchev–Trinajstić information content (AvgIpc) is 3.17. The van der Waals surface area contributed by atoms with E-state index in [9.17, 15) is 14.7 Å². The van der Waals surface area contributed by atoms with Crippen LogP contribution in [0.25, 0.3) is 0 Å². The Morgan fingerprint density at radius 2 is 2.09 bits per heavy atom. The molecule has 2 heterocycles. The first-order valence-corrected chi connectivity index (χ1v) is 8.40. The summed E-state index contributed by atoms with van der Waals surface area (Å²) in [6.07, 6.45) is 3.39. The SMILES string of the molecule is O=C1CCCN1CC(=O)N1CC[C@H](Cc2cccc(CO)c2)C1. The van der Waals surface area contributed by atoms with E-state index in [0.717, 1.165) is 44.5 Å². The lowest BCUT2D eigenvalue weighted by Gasteiger charge is -2.21. The van der Waals surface area contributed by atoms with Gasteiger partial charge in [-0.1, -0.05) is 24.3 Å². The molecule has 0 unspecified atom stereocenters. The van der Waals surface area contributed by atoms with Crippen molar-refractivity contribution in [2.75, 3.05) is 26.2 Å². The van der Waals surface area contributed by atoms with Gasteiger partial charge in [-0.3, -0.25) is 9.59 Å². The van der Waals surface area contributed by atoms with Crippen LogP contribution in [0.4, 0.5) is 0 Å². The second kappa shape index (κ2) is 7.13. The lowest BCUT2D eigenvalue weighted by molar-refractivity contribution is -0.137. The summed E-state index contributed by atoms with van der Waals surface area (Å²) in [5, 5.41) is 9.21. The van der Waals surface area contributed by atoms with Crippen molar-refractivity contribution in [3.8, 4) is 0 Å². The number of hydrogen-bond donors (Lipinski definition) is 1. The zero-order chi connectivity index (χ0) is 16.2. The predicted octanol–water partition coefficient (Wildman–Crippen LogP) is 1.19. The lowest BCUT2D eigenvalue weighted by atomic mass is 9.97. The first-order valence-electron chi connectivity index (χ1n) is 8.40. The van der Waals surface area contributed by atoms with Gasteiger partial charge < -0.3 is 14.9 Å². The number of nitrogens with zero attached hydrogens (tertiary/aromatic N) is 2. The fourth-order valence-corrected chi connectivity index (χ4v) is 3.55. The Balaban J connectivity index is 1.51. The quantitative estimate of drug-likeness (QED) is 0.888. The van der Waals surface area contributed by atoms with Crippen LogP contribution in [0.5, 0.6) is 0 Å². The highest BCUT2D eigenvalue weighted by molar-refractivity contribution is 5.86. The van der Waals surface area contributed by atoms with Crippen molar-refractivity contribution in [1.82, 2.24) is 9.80 Å². The van der Waals surface area contributed by atoms with Gasteiger partial charge in [0.05, 0.1) is 13.2 Å². The summed E-state index contributed by atoms with van der Waals surface area (Å²) in [5.74, 6) is 0.643. The minimum absolute atomic E-state index is 0.0625. The van der Waals surface area contributed by atoms with E-state index in [0.29, 0.717) is 12.3 Å². The maximum atomic E-state index is 12.3. The Morgan fingerprint density at radius 1 is 1.26 bits per heavy atom. The summed E-state index contributed by atoms with van der Waals surface area (Å²) >= 11 is 0. The lowest BCUT2D eigenvalue weighted by Crippen LogP contribution is -2.39. The number of aliphatic hydroxyl groups is 1. The van der Waals surface area contributed by atoms with Crippen molar-refractivity contribution >= 4 is 11.8 Å². The monoisotopic (exact) mass is 316 g/mol. The van der Waals surface area contributed by atoms with Crippen molar-refractivity contribution in [1.29, 1.82) is 0 Å². The summed E-state index contributed by atoms with van der Waals surface area (Å²) in [4.78, 5) is 27.5. The van der Waals surface area contributed by atoms with Gasteiger partial charge in [0.1, 0.15) is 0 Å². The van der Waals surface area contributed by atoms with Gasteiger partial charge in [-0.05, 0) is 36.3 Å². The van der Waals surface area contributed by atoms with E-state index >= 15 is 0 Å². The largest absolute Gasteiger partial charge is 0.392 e. The van der Waals surface area contributed by atoms with Crippen LogP contribution in [0.1, 0.15) is 30.4 Å². The Bertz CT molecular complexity index is 587. The topological polar surface area (TPSA) is 60.9 Å². The normalized spacial score (nSPS) is 21.3. The number of carbonyl (C=O) groups excluding carboxylic acids is 2. The van der Waals surface area contributed by atoms with Crippen LogP contribution in [0.3, 0.4) is 0 Å². The average molecular weight is 316 g/mol. The van der Waals surface area contributed by atoms with Gasteiger partial charge in [0.15, 0.2) is 0 Å². The number of aliphatic hydroxyl groups excluding tert-OH is 1. The molecule has 0 aliphatic carbocycles. The molecular formula is C18H24N2O3. The molecule has 1 N–H and O–H groups in total. The second-order valence-corrected chi connectivity index (χ2v) is 6.60. The highest BCUT2D eigenvalue weighted by Crippen LogP contribution is 2.22. The third-order valence-corrected chi connectivity index (χ3v) is 4.83. The van der Waals surface area contributed by atoms with E-state index < -0.39 is 0 Å². The molecule has 124 valence electrons. The first-order chi connectivity index (χ1) is 11.2. The molecule has 2 fully saturated rings. The molecule has 3 rings (SSSR count). The van der Waals surface area contributed by atoms with Gasteiger partial charge in [0, 0.05) is 26.1 Å². The van der Waals surface area contributed by atoms with Crippen LogP contribution in [0, 0.1) is 5.92 Å². The number of rotatable bonds is 5. The highest BCUT2D eigenvalue weighted by atomic mass is 16.3. The summed E-state index contributed by atoms with van der Waals surface area (Å²) in [6.45, 7) is 2.57. The van der Waals surface area contributed by atoms with Gasteiger partial charge in [-0.25, -0.2) is 0 Å². The van der Waals surface area contributed by atoms with Crippen LogP contribution < -0.4 is 0 Å². The minimum atomic E-state index is 0.0625. The highest BCUT2D eigenvalue weighted by Gasteiger charge is 2.29. The van der Waals surface area contributed by atoms with Crippen molar-refractivity contribution in [2.24, 2.45) is 5.92 Å². The number of amides is 2. The molecule has 1 aromatic rings. The number of likely N-dealkylation sites (tertiary alicyclic amines) is 2. The van der Waals surface area contributed by atoms with Crippen LogP contribution in [-0.2, 0) is 22.6 Å². The van der Waals surface area contributed by atoms with E-state index in [1.165, 1.54) is 5.56 Å². The molecular weight excluding hydrogens is 292 g/mol. The molecule has 2 aliphatic heterocycles. The number of hydrogen-bond acceptors (Lipinski definition) is 3. The fourth-order valence-electron chi connectivity index (χ4n) is 3.55. The third kappa shape index (κ3) is 3.91. The Labute approximate surface area is 136 Å². The maximum absolute atomic E-state index is 12.3. The summed E-state index contributed by atoms with van der Waals surface area (Å²) in [7, 11) is 0. The van der Waals surface area contributed by atoms with Crippen molar-refractivity contribution < 1.29 is 14.7 Å². The fraction of sp³-hybridized carbons (Fsp3) is 0.556. The molecule has 5 nitrogen and oxygen atoms in total. The third-order valence-electron chi connectivity index (χ3n) is 4.83. The number of carbonyl (C=O) groups is 2.